The second-order valence-corrected chi connectivity index (χ2v) is 4.45. The highest BCUT2D eigenvalue weighted by Crippen LogP contribution is 2.19. The first-order chi connectivity index (χ1) is 7.84. The van der Waals surface area contributed by atoms with Crippen molar-refractivity contribution in [1.29, 1.82) is 0 Å². The standard InChI is InChI=1S/C11H10N4S/c12-11-14-8-3-1-2-4-9(8)15(11)7-10-13-5-6-16-10/h1-6H,7H2,(H2,12,14). The van der Waals surface area contributed by atoms with Gasteiger partial charge in [0, 0.05) is 11.6 Å². The van der Waals surface area contributed by atoms with E-state index >= 15 is 0 Å². The minimum Gasteiger partial charge on any atom is -0.369 e. The van der Waals surface area contributed by atoms with E-state index in [1.165, 1.54) is 0 Å². The molecule has 80 valence electrons. The van der Waals surface area contributed by atoms with Crippen molar-refractivity contribution >= 4 is 28.3 Å². The van der Waals surface area contributed by atoms with Gasteiger partial charge in [-0.3, -0.25) is 0 Å². The summed E-state index contributed by atoms with van der Waals surface area (Å²) in [6.07, 6.45) is 1.80. The van der Waals surface area contributed by atoms with Crippen molar-refractivity contribution in [3.8, 4) is 0 Å². The summed E-state index contributed by atoms with van der Waals surface area (Å²) in [7, 11) is 0. The number of hydrogen-bond acceptors (Lipinski definition) is 4. The summed E-state index contributed by atoms with van der Waals surface area (Å²) in [5.41, 5.74) is 7.88. The number of para-hydroxylation sites is 2. The number of thiazole rings is 1. The van der Waals surface area contributed by atoms with E-state index in [-0.39, 0.29) is 0 Å². The van der Waals surface area contributed by atoms with Gasteiger partial charge in [-0.15, -0.1) is 11.3 Å². The molecule has 0 aliphatic heterocycles. The normalized spacial score (nSPS) is 11.0. The fourth-order valence-electron chi connectivity index (χ4n) is 1.73. The summed E-state index contributed by atoms with van der Waals surface area (Å²) in [5, 5.41) is 3.00. The average molecular weight is 230 g/mol. The Bertz CT molecular complexity index is 612. The molecule has 0 unspecified atom stereocenters. The first-order valence-electron chi connectivity index (χ1n) is 4.94. The molecule has 2 N–H and O–H groups in total. The largest absolute Gasteiger partial charge is 0.369 e. The predicted octanol–water partition coefficient (Wildman–Crippen LogP) is 2.12. The van der Waals surface area contributed by atoms with Gasteiger partial charge in [-0.25, -0.2) is 9.97 Å². The Balaban J connectivity index is 2.12. The molecule has 5 heteroatoms. The lowest BCUT2D eigenvalue weighted by Gasteiger charge is -2.02. The summed E-state index contributed by atoms with van der Waals surface area (Å²) >= 11 is 1.62. The molecule has 0 radical (unpaired) electrons. The van der Waals surface area contributed by atoms with Crippen LogP contribution in [0.1, 0.15) is 5.01 Å². The molecule has 3 aromatic rings. The maximum Gasteiger partial charge on any atom is 0.201 e. The van der Waals surface area contributed by atoms with Crippen LogP contribution in [0.3, 0.4) is 0 Å². The maximum absolute atomic E-state index is 5.90. The van der Waals surface area contributed by atoms with E-state index in [2.05, 4.69) is 9.97 Å². The second-order valence-electron chi connectivity index (χ2n) is 3.47. The topological polar surface area (TPSA) is 56.7 Å². The number of aromatic nitrogens is 3. The van der Waals surface area contributed by atoms with Crippen LogP contribution in [-0.4, -0.2) is 14.5 Å². The summed E-state index contributed by atoms with van der Waals surface area (Å²) < 4.78 is 1.98. The van der Waals surface area contributed by atoms with E-state index < -0.39 is 0 Å². The number of rotatable bonds is 2. The molecule has 3 rings (SSSR count). The van der Waals surface area contributed by atoms with Gasteiger partial charge in [0.15, 0.2) is 0 Å². The lowest BCUT2D eigenvalue weighted by atomic mass is 10.3. The van der Waals surface area contributed by atoms with Crippen molar-refractivity contribution < 1.29 is 0 Å². The van der Waals surface area contributed by atoms with Crippen LogP contribution in [0, 0.1) is 0 Å². The number of nitrogens with two attached hydrogens (primary N) is 1. The van der Waals surface area contributed by atoms with Gasteiger partial charge in [0.25, 0.3) is 0 Å². The fraction of sp³-hybridized carbons (Fsp3) is 0.0909. The number of benzene rings is 1. The van der Waals surface area contributed by atoms with Crippen LogP contribution in [0.4, 0.5) is 5.95 Å². The monoisotopic (exact) mass is 230 g/mol. The molecule has 1 aromatic carbocycles. The number of fused-ring (bicyclic) bond motifs is 1. The summed E-state index contributed by atoms with van der Waals surface area (Å²) in [6, 6.07) is 7.93. The van der Waals surface area contributed by atoms with Crippen LogP contribution >= 0.6 is 11.3 Å². The van der Waals surface area contributed by atoms with Gasteiger partial charge in [0.1, 0.15) is 5.01 Å². The molecule has 0 aliphatic rings. The van der Waals surface area contributed by atoms with Gasteiger partial charge in [-0.05, 0) is 12.1 Å². The first-order valence-corrected chi connectivity index (χ1v) is 5.81. The van der Waals surface area contributed by atoms with Crippen molar-refractivity contribution in [3.05, 3.63) is 40.8 Å². The van der Waals surface area contributed by atoms with E-state index in [1.54, 1.807) is 17.5 Å². The van der Waals surface area contributed by atoms with Crippen molar-refractivity contribution in [2.24, 2.45) is 0 Å². The SMILES string of the molecule is Nc1nc2ccccc2n1Cc1nccs1. The maximum atomic E-state index is 5.90. The van der Waals surface area contributed by atoms with Crippen molar-refractivity contribution in [1.82, 2.24) is 14.5 Å². The average Bonchev–Trinajstić information content (AvgIpc) is 2.89. The summed E-state index contributed by atoms with van der Waals surface area (Å²) in [5.74, 6) is 0.538. The van der Waals surface area contributed by atoms with Crippen LogP contribution in [0.5, 0.6) is 0 Å². The van der Waals surface area contributed by atoms with Crippen LogP contribution in [-0.2, 0) is 6.54 Å². The molecule has 0 atom stereocenters. The third-order valence-corrected chi connectivity index (χ3v) is 3.23. The Kier molecular flexibility index (Phi) is 2.11. The summed E-state index contributed by atoms with van der Waals surface area (Å²) in [6.45, 7) is 0.685. The Morgan fingerprint density at radius 1 is 1.31 bits per heavy atom. The molecule has 0 spiro atoms. The number of hydrogen-bond donors (Lipinski definition) is 1. The number of nitrogen functional groups attached to an aromatic ring is 1. The fourth-order valence-corrected chi connectivity index (χ4v) is 2.33. The lowest BCUT2D eigenvalue weighted by molar-refractivity contribution is 0.830. The molecule has 0 saturated heterocycles. The van der Waals surface area contributed by atoms with Crippen LogP contribution in [0.25, 0.3) is 11.0 Å². The molecular formula is C11H10N4S. The molecule has 2 heterocycles. The predicted molar refractivity (Wildman–Crippen MR) is 65.4 cm³/mol. The molecule has 0 aliphatic carbocycles. The molecule has 0 saturated carbocycles. The molecule has 0 amide bonds. The van der Waals surface area contributed by atoms with Gasteiger partial charge < -0.3 is 10.3 Å². The van der Waals surface area contributed by atoms with E-state index in [0.29, 0.717) is 12.5 Å². The third-order valence-electron chi connectivity index (χ3n) is 2.46. The Hall–Kier alpha value is -1.88. The molecule has 0 bridgehead atoms. The quantitative estimate of drug-likeness (QED) is 0.733. The van der Waals surface area contributed by atoms with Gasteiger partial charge in [-0.1, -0.05) is 12.1 Å². The minimum atomic E-state index is 0.538. The lowest BCUT2D eigenvalue weighted by Crippen LogP contribution is -2.04. The zero-order valence-electron chi connectivity index (χ0n) is 8.50. The highest BCUT2D eigenvalue weighted by molar-refractivity contribution is 7.09. The zero-order valence-corrected chi connectivity index (χ0v) is 9.31. The van der Waals surface area contributed by atoms with E-state index in [4.69, 9.17) is 5.73 Å². The third kappa shape index (κ3) is 1.45. The smallest absolute Gasteiger partial charge is 0.201 e. The highest BCUT2D eigenvalue weighted by Gasteiger charge is 2.08. The van der Waals surface area contributed by atoms with Gasteiger partial charge in [0.2, 0.25) is 5.95 Å². The molecular weight excluding hydrogens is 220 g/mol. The Morgan fingerprint density at radius 3 is 3.00 bits per heavy atom. The second kappa shape index (κ2) is 3.61. The van der Waals surface area contributed by atoms with Crippen LogP contribution < -0.4 is 5.73 Å². The minimum absolute atomic E-state index is 0.538. The first kappa shape index (κ1) is 9.35. The van der Waals surface area contributed by atoms with Gasteiger partial charge >= 0.3 is 0 Å². The van der Waals surface area contributed by atoms with Crippen molar-refractivity contribution in [2.75, 3.05) is 5.73 Å². The van der Waals surface area contributed by atoms with Crippen molar-refractivity contribution in [3.63, 3.8) is 0 Å². The van der Waals surface area contributed by atoms with Gasteiger partial charge in [-0.2, -0.15) is 0 Å². The Labute approximate surface area is 96.4 Å². The molecule has 4 nitrogen and oxygen atoms in total. The zero-order chi connectivity index (χ0) is 11.0. The van der Waals surface area contributed by atoms with Crippen molar-refractivity contribution in [2.45, 2.75) is 6.54 Å². The molecule has 0 fully saturated rings. The number of anilines is 1. The summed E-state index contributed by atoms with van der Waals surface area (Å²) in [4.78, 5) is 8.56. The number of imidazole rings is 1. The van der Waals surface area contributed by atoms with E-state index in [9.17, 15) is 0 Å². The molecule has 16 heavy (non-hydrogen) atoms. The van der Waals surface area contributed by atoms with Gasteiger partial charge in [0.05, 0.1) is 17.6 Å². The van der Waals surface area contributed by atoms with E-state index in [0.717, 1.165) is 16.0 Å². The van der Waals surface area contributed by atoms with Crippen LogP contribution in [0.15, 0.2) is 35.8 Å². The highest BCUT2D eigenvalue weighted by atomic mass is 32.1. The van der Waals surface area contributed by atoms with E-state index in [1.807, 2.05) is 34.2 Å². The number of nitrogens with zero attached hydrogens (tertiary/aromatic N) is 3. The molecule has 2 aromatic heterocycles. The van der Waals surface area contributed by atoms with Crippen LogP contribution in [0.2, 0.25) is 0 Å². The Morgan fingerprint density at radius 2 is 2.19 bits per heavy atom.